The molecule has 1 aromatic carbocycles. The highest BCUT2D eigenvalue weighted by molar-refractivity contribution is 6.00. The SMILES string of the molecule is CNC(=O)Cc1ccc2c(c1)cc1n2C(CC(=O)NC)CNC1=O. The van der Waals surface area contributed by atoms with Crippen LogP contribution in [0, 0.1) is 0 Å². The third-order valence-electron chi connectivity index (χ3n) is 4.34. The van der Waals surface area contributed by atoms with Gasteiger partial charge in [-0.05, 0) is 23.8 Å². The lowest BCUT2D eigenvalue weighted by molar-refractivity contribution is -0.121. The van der Waals surface area contributed by atoms with Crippen molar-refractivity contribution in [2.24, 2.45) is 0 Å². The second-order valence-electron chi connectivity index (χ2n) is 5.88. The summed E-state index contributed by atoms with van der Waals surface area (Å²) in [7, 11) is 3.20. The first kappa shape index (κ1) is 16.0. The molecule has 126 valence electrons. The Labute approximate surface area is 139 Å². The number of likely N-dealkylation sites (N-methyl/N-ethyl adjacent to an activating group) is 1. The largest absolute Gasteiger partial charge is 0.359 e. The van der Waals surface area contributed by atoms with Crippen LogP contribution in [0.3, 0.4) is 0 Å². The van der Waals surface area contributed by atoms with E-state index in [4.69, 9.17) is 0 Å². The van der Waals surface area contributed by atoms with Gasteiger partial charge >= 0.3 is 0 Å². The number of carbonyl (C=O) groups is 3. The number of aromatic nitrogens is 1. The molecule has 0 saturated carbocycles. The number of benzene rings is 1. The molecular weight excluding hydrogens is 308 g/mol. The number of amides is 3. The molecule has 3 amide bonds. The van der Waals surface area contributed by atoms with Crippen molar-refractivity contribution >= 4 is 28.6 Å². The quantitative estimate of drug-likeness (QED) is 0.756. The van der Waals surface area contributed by atoms with E-state index in [1.807, 2.05) is 28.8 Å². The van der Waals surface area contributed by atoms with E-state index in [0.29, 0.717) is 25.1 Å². The van der Waals surface area contributed by atoms with Crippen molar-refractivity contribution in [3.8, 4) is 0 Å². The van der Waals surface area contributed by atoms with Gasteiger partial charge in [0.2, 0.25) is 11.8 Å². The Balaban J connectivity index is 2.02. The van der Waals surface area contributed by atoms with Crippen LogP contribution in [0.25, 0.3) is 10.9 Å². The summed E-state index contributed by atoms with van der Waals surface area (Å²) in [6, 6.07) is 7.40. The Hall–Kier alpha value is -2.83. The molecule has 0 aliphatic carbocycles. The fraction of sp³-hybridized carbons (Fsp3) is 0.353. The second kappa shape index (κ2) is 6.35. The summed E-state index contributed by atoms with van der Waals surface area (Å²) >= 11 is 0. The normalized spacial score (nSPS) is 16.4. The van der Waals surface area contributed by atoms with Crippen LogP contribution in [-0.4, -0.2) is 42.9 Å². The van der Waals surface area contributed by atoms with Crippen molar-refractivity contribution in [3.63, 3.8) is 0 Å². The average molecular weight is 328 g/mol. The van der Waals surface area contributed by atoms with Crippen molar-refractivity contribution in [2.75, 3.05) is 20.6 Å². The first-order chi connectivity index (χ1) is 11.5. The maximum Gasteiger partial charge on any atom is 0.268 e. The van der Waals surface area contributed by atoms with Gasteiger partial charge in [0.25, 0.3) is 5.91 Å². The standard InChI is InChI=1S/C17H20N4O3/c1-18-15(22)6-10-3-4-13-11(5-10)7-14-17(24)20-9-12(21(13)14)8-16(23)19-2/h3-5,7,12H,6,8-9H2,1-2H3,(H,18,22)(H,19,23)(H,20,24). The molecular formula is C17H20N4O3. The molecule has 1 aliphatic heterocycles. The lowest BCUT2D eigenvalue weighted by Crippen LogP contribution is -2.40. The molecule has 1 aliphatic rings. The van der Waals surface area contributed by atoms with Gasteiger partial charge in [-0.15, -0.1) is 0 Å². The van der Waals surface area contributed by atoms with E-state index in [0.717, 1.165) is 16.5 Å². The van der Waals surface area contributed by atoms with Crippen LogP contribution in [0.1, 0.15) is 28.5 Å². The highest BCUT2D eigenvalue weighted by Gasteiger charge is 2.28. The van der Waals surface area contributed by atoms with Gasteiger partial charge in [0, 0.05) is 38.0 Å². The smallest absolute Gasteiger partial charge is 0.268 e. The van der Waals surface area contributed by atoms with Gasteiger partial charge in [0.05, 0.1) is 12.5 Å². The highest BCUT2D eigenvalue weighted by atomic mass is 16.2. The molecule has 0 spiro atoms. The molecule has 3 rings (SSSR count). The Morgan fingerprint density at radius 2 is 1.96 bits per heavy atom. The summed E-state index contributed by atoms with van der Waals surface area (Å²) < 4.78 is 1.92. The molecule has 7 heteroatoms. The summed E-state index contributed by atoms with van der Waals surface area (Å²) in [6.45, 7) is 0.420. The number of fused-ring (bicyclic) bond motifs is 3. The molecule has 1 aromatic heterocycles. The first-order valence-corrected chi connectivity index (χ1v) is 7.86. The van der Waals surface area contributed by atoms with Crippen molar-refractivity contribution in [1.82, 2.24) is 20.5 Å². The molecule has 3 N–H and O–H groups in total. The van der Waals surface area contributed by atoms with E-state index in [2.05, 4.69) is 16.0 Å². The molecule has 1 atom stereocenters. The zero-order chi connectivity index (χ0) is 17.3. The van der Waals surface area contributed by atoms with Crippen LogP contribution < -0.4 is 16.0 Å². The maximum atomic E-state index is 12.2. The Kier molecular flexibility index (Phi) is 4.24. The van der Waals surface area contributed by atoms with Crippen LogP contribution in [0.4, 0.5) is 0 Å². The summed E-state index contributed by atoms with van der Waals surface area (Å²) in [5.74, 6) is -0.277. The van der Waals surface area contributed by atoms with E-state index in [9.17, 15) is 14.4 Å². The second-order valence-corrected chi connectivity index (χ2v) is 5.88. The molecule has 2 heterocycles. The van der Waals surface area contributed by atoms with Crippen molar-refractivity contribution < 1.29 is 14.4 Å². The summed E-state index contributed by atoms with van der Waals surface area (Å²) in [4.78, 5) is 35.5. The topological polar surface area (TPSA) is 92.2 Å². The number of carbonyl (C=O) groups excluding carboxylic acids is 3. The van der Waals surface area contributed by atoms with Gasteiger partial charge in [-0.1, -0.05) is 6.07 Å². The van der Waals surface area contributed by atoms with E-state index in [1.54, 1.807) is 14.1 Å². The number of hydrogen-bond donors (Lipinski definition) is 3. The van der Waals surface area contributed by atoms with Crippen LogP contribution in [0.15, 0.2) is 24.3 Å². The first-order valence-electron chi connectivity index (χ1n) is 7.86. The fourth-order valence-corrected chi connectivity index (χ4v) is 3.11. The van der Waals surface area contributed by atoms with E-state index in [1.165, 1.54) is 0 Å². The molecule has 0 radical (unpaired) electrons. The van der Waals surface area contributed by atoms with Gasteiger partial charge in [-0.2, -0.15) is 0 Å². The minimum absolute atomic E-state index is 0.0615. The molecule has 7 nitrogen and oxygen atoms in total. The zero-order valence-electron chi connectivity index (χ0n) is 13.7. The third kappa shape index (κ3) is 2.84. The summed E-state index contributed by atoms with van der Waals surface area (Å²) in [5, 5.41) is 8.95. The number of rotatable bonds is 4. The molecule has 2 aromatic rings. The number of nitrogens with one attached hydrogen (secondary N) is 3. The predicted octanol–water partition coefficient (Wildman–Crippen LogP) is 0.350. The van der Waals surface area contributed by atoms with E-state index >= 15 is 0 Å². The van der Waals surface area contributed by atoms with Crippen molar-refractivity contribution in [3.05, 3.63) is 35.5 Å². The van der Waals surface area contributed by atoms with Crippen molar-refractivity contribution in [1.29, 1.82) is 0 Å². The summed E-state index contributed by atoms with van der Waals surface area (Å²) in [6.07, 6.45) is 0.592. The number of nitrogens with zero attached hydrogens (tertiary/aromatic N) is 1. The number of hydrogen-bond acceptors (Lipinski definition) is 3. The fourth-order valence-electron chi connectivity index (χ4n) is 3.11. The monoisotopic (exact) mass is 328 g/mol. The predicted molar refractivity (Wildman–Crippen MR) is 89.8 cm³/mol. The molecule has 1 unspecified atom stereocenters. The van der Waals surface area contributed by atoms with Crippen LogP contribution >= 0.6 is 0 Å². The van der Waals surface area contributed by atoms with E-state index < -0.39 is 0 Å². The minimum Gasteiger partial charge on any atom is -0.359 e. The van der Waals surface area contributed by atoms with Gasteiger partial charge < -0.3 is 20.5 Å². The Morgan fingerprint density at radius 1 is 1.21 bits per heavy atom. The lowest BCUT2D eigenvalue weighted by Gasteiger charge is -2.26. The lowest BCUT2D eigenvalue weighted by atomic mass is 10.1. The van der Waals surface area contributed by atoms with Gasteiger partial charge in [-0.3, -0.25) is 14.4 Å². The highest BCUT2D eigenvalue weighted by Crippen LogP contribution is 2.29. The maximum absolute atomic E-state index is 12.2. The van der Waals surface area contributed by atoms with Gasteiger partial charge in [-0.25, -0.2) is 0 Å². The van der Waals surface area contributed by atoms with Crippen LogP contribution in [0.5, 0.6) is 0 Å². The Bertz CT molecular complexity index is 825. The van der Waals surface area contributed by atoms with Gasteiger partial charge in [0.15, 0.2) is 0 Å². The molecule has 0 bridgehead atoms. The van der Waals surface area contributed by atoms with E-state index in [-0.39, 0.29) is 23.8 Å². The average Bonchev–Trinajstić information content (AvgIpc) is 2.96. The van der Waals surface area contributed by atoms with Crippen molar-refractivity contribution in [2.45, 2.75) is 18.9 Å². The zero-order valence-corrected chi connectivity index (χ0v) is 13.7. The summed E-state index contributed by atoms with van der Waals surface area (Å²) in [5.41, 5.74) is 2.32. The van der Waals surface area contributed by atoms with Crippen LogP contribution in [0.2, 0.25) is 0 Å². The van der Waals surface area contributed by atoms with Gasteiger partial charge in [0.1, 0.15) is 5.69 Å². The molecule has 0 saturated heterocycles. The minimum atomic E-state index is -0.146. The Morgan fingerprint density at radius 3 is 2.67 bits per heavy atom. The molecule has 0 fully saturated rings. The van der Waals surface area contributed by atoms with Crippen LogP contribution in [-0.2, 0) is 16.0 Å². The molecule has 24 heavy (non-hydrogen) atoms. The third-order valence-corrected chi connectivity index (χ3v) is 4.34.